The fourth-order valence-corrected chi connectivity index (χ4v) is 4.49. The quantitative estimate of drug-likeness (QED) is 0.497. The van der Waals surface area contributed by atoms with E-state index in [0.29, 0.717) is 42.7 Å². The minimum absolute atomic E-state index is 0.0533. The van der Waals surface area contributed by atoms with Crippen LogP contribution in [0.4, 0.5) is 0 Å². The lowest BCUT2D eigenvalue weighted by Gasteiger charge is -2.21. The van der Waals surface area contributed by atoms with Gasteiger partial charge in [-0.1, -0.05) is 24.3 Å². The Hall–Kier alpha value is -2.77. The summed E-state index contributed by atoms with van der Waals surface area (Å²) >= 11 is 3.30. The van der Waals surface area contributed by atoms with Gasteiger partial charge in [-0.3, -0.25) is 9.59 Å². The van der Waals surface area contributed by atoms with E-state index in [2.05, 4.69) is 9.97 Å². The summed E-state index contributed by atoms with van der Waals surface area (Å²) in [5.74, 6) is 0.599. The number of benzene rings is 1. The zero-order chi connectivity index (χ0) is 19.3. The number of carbonyl (C=O) groups is 1. The van der Waals surface area contributed by atoms with Gasteiger partial charge in [0.25, 0.3) is 5.56 Å². The molecule has 0 aliphatic carbocycles. The smallest absolute Gasteiger partial charge is 0.258 e. The second-order valence-corrected chi connectivity index (χ2v) is 8.50. The molecule has 0 fully saturated rings. The van der Waals surface area contributed by atoms with Crippen molar-refractivity contribution in [1.29, 1.82) is 0 Å². The Labute approximate surface area is 170 Å². The first-order valence-electron chi connectivity index (χ1n) is 8.99. The molecule has 0 aliphatic rings. The van der Waals surface area contributed by atoms with E-state index in [4.69, 9.17) is 0 Å². The normalized spacial score (nSPS) is 11.0. The van der Waals surface area contributed by atoms with Crippen LogP contribution in [0.3, 0.4) is 0 Å². The third kappa shape index (κ3) is 4.37. The van der Waals surface area contributed by atoms with Crippen LogP contribution < -0.4 is 5.56 Å². The topological polar surface area (TPSA) is 66.1 Å². The Balaban J connectivity index is 1.48. The van der Waals surface area contributed by atoms with Crippen molar-refractivity contribution in [3.63, 3.8) is 0 Å². The molecular weight excluding hydrogens is 390 g/mol. The summed E-state index contributed by atoms with van der Waals surface area (Å²) < 4.78 is 0. The number of rotatable bonds is 7. The molecule has 7 heteroatoms. The number of hydrogen-bond donors (Lipinski definition) is 1. The van der Waals surface area contributed by atoms with Gasteiger partial charge in [0.1, 0.15) is 5.82 Å². The van der Waals surface area contributed by atoms with Gasteiger partial charge in [0.2, 0.25) is 5.91 Å². The second kappa shape index (κ2) is 8.50. The molecule has 0 saturated heterocycles. The van der Waals surface area contributed by atoms with Gasteiger partial charge in [-0.15, -0.1) is 22.7 Å². The molecule has 28 heavy (non-hydrogen) atoms. The summed E-state index contributed by atoms with van der Waals surface area (Å²) in [7, 11) is 0. The molecular formula is C21H19N3O2S2. The number of fused-ring (bicyclic) bond motifs is 1. The highest BCUT2D eigenvalue weighted by molar-refractivity contribution is 7.10. The zero-order valence-electron chi connectivity index (χ0n) is 15.1. The van der Waals surface area contributed by atoms with E-state index < -0.39 is 0 Å². The molecule has 4 rings (SSSR count). The first kappa shape index (κ1) is 18.6. The van der Waals surface area contributed by atoms with Crippen LogP contribution in [0, 0.1) is 0 Å². The standard InChI is InChI=1S/C21H19N3O2S2/c25-20(10-9-19-22-18-8-2-1-7-17(18)21(26)23-19)24(13-15-5-3-11-27-15)14-16-6-4-12-28-16/h1-8,11-12H,9-10,13-14H2,(H,22,23,26). The molecule has 0 atom stereocenters. The molecule has 3 heterocycles. The molecule has 3 aromatic heterocycles. The molecule has 5 nitrogen and oxygen atoms in total. The molecule has 4 aromatic rings. The SMILES string of the molecule is O=C(CCc1nc2ccccc2c(=O)[nH]1)N(Cc1cccs1)Cc1cccs1. The molecule has 1 N–H and O–H groups in total. The molecule has 0 radical (unpaired) electrons. The number of aromatic amines is 1. The number of amides is 1. The number of aromatic nitrogens is 2. The fourth-order valence-electron chi connectivity index (χ4n) is 3.05. The van der Waals surface area contributed by atoms with E-state index in [0.717, 1.165) is 9.75 Å². The van der Waals surface area contributed by atoms with Crippen LogP contribution in [0.5, 0.6) is 0 Å². The molecule has 1 aromatic carbocycles. The van der Waals surface area contributed by atoms with E-state index in [1.54, 1.807) is 28.7 Å². The molecule has 0 saturated carbocycles. The van der Waals surface area contributed by atoms with E-state index in [-0.39, 0.29) is 11.5 Å². The predicted molar refractivity (Wildman–Crippen MR) is 114 cm³/mol. The summed E-state index contributed by atoms with van der Waals surface area (Å²) in [6, 6.07) is 15.3. The lowest BCUT2D eigenvalue weighted by molar-refractivity contribution is -0.132. The third-order valence-corrected chi connectivity index (χ3v) is 6.17. The number of thiophene rings is 2. The Morgan fingerprint density at radius 1 is 0.964 bits per heavy atom. The maximum absolute atomic E-state index is 12.9. The predicted octanol–water partition coefficient (Wildman–Crippen LogP) is 4.21. The van der Waals surface area contributed by atoms with Crippen LogP contribution in [-0.2, 0) is 24.3 Å². The van der Waals surface area contributed by atoms with Gasteiger partial charge in [0.15, 0.2) is 0 Å². The van der Waals surface area contributed by atoms with Crippen molar-refractivity contribution in [2.24, 2.45) is 0 Å². The maximum Gasteiger partial charge on any atom is 0.258 e. The molecule has 1 amide bonds. The number of para-hydroxylation sites is 1. The van der Waals surface area contributed by atoms with Gasteiger partial charge in [0, 0.05) is 22.6 Å². The number of nitrogens with one attached hydrogen (secondary N) is 1. The van der Waals surface area contributed by atoms with Crippen LogP contribution >= 0.6 is 22.7 Å². The van der Waals surface area contributed by atoms with Crippen LogP contribution in [0.25, 0.3) is 10.9 Å². The lowest BCUT2D eigenvalue weighted by atomic mass is 10.2. The highest BCUT2D eigenvalue weighted by Crippen LogP contribution is 2.18. The molecule has 142 valence electrons. The van der Waals surface area contributed by atoms with Crippen molar-refractivity contribution in [2.45, 2.75) is 25.9 Å². The van der Waals surface area contributed by atoms with Crippen molar-refractivity contribution >= 4 is 39.5 Å². The van der Waals surface area contributed by atoms with E-state index in [1.165, 1.54) is 0 Å². The average molecular weight is 410 g/mol. The van der Waals surface area contributed by atoms with Gasteiger partial charge < -0.3 is 9.88 Å². The average Bonchev–Trinajstić information content (AvgIpc) is 3.40. The van der Waals surface area contributed by atoms with E-state index in [1.807, 2.05) is 58.1 Å². The van der Waals surface area contributed by atoms with E-state index in [9.17, 15) is 9.59 Å². The van der Waals surface area contributed by atoms with Crippen LogP contribution in [0.15, 0.2) is 64.1 Å². The van der Waals surface area contributed by atoms with Crippen LogP contribution in [0.1, 0.15) is 22.0 Å². The number of nitrogens with zero attached hydrogens (tertiary/aromatic N) is 2. The molecule has 0 aliphatic heterocycles. The number of carbonyl (C=O) groups excluding carboxylic acids is 1. The van der Waals surface area contributed by atoms with Gasteiger partial charge in [0.05, 0.1) is 24.0 Å². The van der Waals surface area contributed by atoms with Crippen molar-refractivity contribution in [1.82, 2.24) is 14.9 Å². The largest absolute Gasteiger partial charge is 0.332 e. The fraction of sp³-hybridized carbons (Fsp3) is 0.190. The van der Waals surface area contributed by atoms with Crippen LogP contribution in [-0.4, -0.2) is 20.8 Å². The number of hydrogen-bond acceptors (Lipinski definition) is 5. The van der Waals surface area contributed by atoms with Crippen molar-refractivity contribution in [3.05, 3.63) is 85.2 Å². The summed E-state index contributed by atoms with van der Waals surface area (Å²) in [4.78, 5) is 36.6. The Morgan fingerprint density at radius 2 is 1.64 bits per heavy atom. The Bertz CT molecular complexity index is 1080. The summed E-state index contributed by atoms with van der Waals surface area (Å²) in [5, 5.41) is 4.61. The minimum Gasteiger partial charge on any atom is -0.332 e. The minimum atomic E-state index is -0.165. The number of H-pyrrole nitrogens is 1. The molecule has 0 spiro atoms. The Morgan fingerprint density at radius 3 is 2.29 bits per heavy atom. The highest BCUT2D eigenvalue weighted by Gasteiger charge is 2.16. The first-order chi connectivity index (χ1) is 13.7. The van der Waals surface area contributed by atoms with Gasteiger partial charge in [-0.25, -0.2) is 4.98 Å². The van der Waals surface area contributed by atoms with Gasteiger partial charge in [-0.2, -0.15) is 0 Å². The summed E-state index contributed by atoms with van der Waals surface area (Å²) in [5.41, 5.74) is 0.491. The lowest BCUT2D eigenvalue weighted by Crippen LogP contribution is -2.30. The Kier molecular flexibility index (Phi) is 5.64. The second-order valence-electron chi connectivity index (χ2n) is 6.44. The zero-order valence-corrected chi connectivity index (χ0v) is 16.8. The first-order valence-corrected chi connectivity index (χ1v) is 10.8. The molecule has 0 unspecified atom stereocenters. The summed E-state index contributed by atoms with van der Waals surface area (Å²) in [6.45, 7) is 1.19. The van der Waals surface area contributed by atoms with Gasteiger partial charge >= 0.3 is 0 Å². The molecule has 0 bridgehead atoms. The maximum atomic E-state index is 12.9. The van der Waals surface area contributed by atoms with Gasteiger partial charge in [-0.05, 0) is 35.0 Å². The van der Waals surface area contributed by atoms with Crippen molar-refractivity contribution < 1.29 is 4.79 Å². The van der Waals surface area contributed by atoms with Crippen LogP contribution in [0.2, 0.25) is 0 Å². The third-order valence-electron chi connectivity index (χ3n) is 4.44. The summed E-state index contributed by atoms with van der Waals surface area (Å²) in [6.07, 6.45) is 0.711. The number of aryl methyl sites for hydroxylation is 1. The monoisotopic (exact) mass is 409 g/mol. The van der Waals surface area contributed by atoms with E-state index >= 15 is 0 Å². The van der Waals surface area contributed by atoms with Crippen molar-refractivity contribution in [3.8, 4) is 0 Å². The van der Waals surface area contributed by atoms with Crippen molar-refractivity contribution in [2.75, 3.05) is 0 Å². The highest BCUT2D eigenvalue weighted by atomic mass is 32.1.